The van der Waals surface area contributed by atoms with E-state index in [9.17, 15) is 24.3 Å². The third kappa shape index (κ3) is 8.72. The van der Waals surface area contributed by atoms with Gasteiger partial charge in [0.2, 0.25) is 5.79 Å². The molecule has 1 aliphatic carbocycles. The summed E-state index contributed by atoms with van der Waals surface area (Å²) < 4.78 is 22.8. The van der Waals surface area contributed by atoms with Crippen LogP contribution in [-0.2, 0) is 44.5 Å². The van der Waals surface area contributed by atoms with Crippen molar-refractivity contribution in [2.75, 3.05) is 26.9 Å². The summed E-state index contributed by atoms with van der Waals surface area (Å²) >= 11 is 0. The summed E-state index contributed by atoms with van der Waals surface area (Å²) in [5.41, 5.74) is 0.111. The number of rotatable bonds is 12. The van der Waals surface area contributed by atoms with Crippen LogP contribution in [0, 0.1) is 23.2 Å². The minimum absolute atomic E-state index is 0.0504. The number of carbonyl (C=O) groups is 4. The first-order chi connectivity index (χ1) is 21.9. The molecule has 1 aromatic heterocycles. The average Bonchev–Trinajstić information content (AvgIpc) is 3.05. The van der Waals surface area contributed by atoms with Gasteiger partial charge >= 0.3 is 11.9 Å². The van der Waals surface area contributed by atoms with E-state index in [0.717, 1.165) is 31.4 Å². The van der Waals surface area contributed by atoms with Crippen molar-refractivity contribution in [1.29, 1.82) is 0 Å². The van der Waals surface area contributed by atoms with Crippen molar-refractivity contribution in [2.45, 2.75) is 116 Å². The largest absolute Gasteiger partial charge is 0.464 e. The SMILES string of the molecule is CO[C@@H]1C[C@H](C[C@@H](C)COC(=O)C2CCCCN2C(=O)C(=O)C2(O)OCCCC2C)CCC1OC(=O)C(C)(C)Cc1ccccn1. The molecule has 4 unspecified atom stereocenters. The third-order valence-corrected chi connectivity index (χ3v) is 9.88. The molecule has 1 saturated carbocycles. The van der Waals surface area contributed by atoms with Gasteiger partial charge in [-0.15, -0.1) is 0 Å². The van der Waals surface area contributed by atoms with Crippen LogP contribution in [0.1, 0.15) is 91.2 Å². The Morgan fingerprint density at radius 1 is 1.11 bits per heavy atom. The Morgan fingerprint density at radius 3 is 2.59 bits per heavy atom. The van der Waals surface area contributed by atoms with Crippen molar-refractivity contribution < 1.29 is 43.2 Å². The summed E-state index contributed by atoms with van der Waals surface area (Å²) in [5, 5.41) is 10.9. The van der Waals surface area contributed by atoms with Crippen molar-refractivity contribution >= 4 is 23.6 Å². The first kappa shape index (κ1) is 36.0. The Labute approximate surface area is 272 Å². The van der Waals surface area contributed by atoms with E-state index in [0.29, 0.717) is 44.4 Å². The zero-order chi connectivity index (χ0) is 33.5. The van der Waals surface area contributed by atoms with E-state index in [1.165, 1.54) is 4.90 Å². The molecule has 2 saturated heterocycles. The monoisotopic (exact) mass is 644 g/mol. The lowest BCUT2D eigenvalue weighted by Gasteiger charge is -2.39. The lowest BCUT2D eigenvalue weighted by molar-refractivity contribution is -0.240. The van der Waals surface area contributed by atoms with Gasteiger partial charge in [0.15, 0.2) is 0 Å². The molecule has 2 aliphatic heterocycles. The molecule has 0 bridgehead atoms. The number of pyridine rings is 1. The molecule has 46 heavy (non-hydrogen) atoms. The molecule has 1 aromatic rings. The van der Waals surface area contributed by atoms with E-state index < -0.39 is 40.8 Å². The Balaban J connectivity index is 1.25. The Bertz CT molecular complexity index is 1210. The average molecular weight is 645 g/mol. The summed E-state index contributed by atoms with van der Waals surface area (Å²) in [6, 6.07) is 4.79. The summed E-state index contributed by atoms with van der Waals surface area (Å²) in [6.45, 7) is 8.08. The second kappa shape index (κ2) is 15.8. The van der Waals surface area contributed by atoms with E-state index >= 15 is 0 Å². The zero-order valence-electron chi connectivity index (χ0n) is 28.1. The fraction of sp³-hybridized carbons (Fsp3) is 0.743. The molecule has 0 spiro atoms. The molecular formula is C35H52N2O9. The number of aliphatic hydroxyl groups is 1. The topological polar surface area (TPSA) is 142 Å². The minimum atomic E-state index is -2.16. The number of likely N-dealkylation sites (tertiary alicyclic amines) is 1. The van der Waals surface area contributed by atoms with Gasteiger partial charge in [0, 0.05) is 37.9 Å². The van der Waals surface area contributed by atoms with Crippen LogP contribution in [0.15, 0.2) is 24.4 Å². The summed E-state index contributed by atoms with van der Waals surface area (Å²) in [6.07, 6.45) is 7.77. The van der Waals surface area contributed by atoms with E-state index in [1.54, 1.807) is 20.2 Å². The molecule has 0 aromatic carbocycles. The first-order valence-corrected chi connectivity index (χ1v) is 16.9. The zero-order valence-corrected chi connectivity index (χ0v) is 28.1. The van der Waals surface area contributed by atoms with Gasteiger partial charge in [-0.2, -0.15) is 0 Å². The van der Waals surface area contributed by atoms with Gasteiger partial charge in [-0.25, -0.2) is 4.79 Å². The number of carbonyl (C=O) groups excluding carboxylic acids is 4. The maximum atomic E-state index is 13.2. The number of aromatic nitrogens is 1. The third-order valence-electron chi connectivity index (χ3n) is 9.88. The number of hydrogen-bond acceptors (Lipinski definition) is 10. The summed E-state index contributed by atoms with van der Waals surface area (Å²) in [7, 11) is 1.64. The van der Waals surface area contributed by atoms with Crippen molar-refractivity contribution in [2.24, 2.45) is 23.2 Å². The quantitative estimate of drug-likeness (QED) is 0.262. The molecule has 0 radical (unpaired) electrons. The van der Waals surface area contributed by atoms with Crippen LogP contribution in [0.25, 0.3) is 0 Å². The van der Waals surface area contributed by atoms with E-state index in [1.807, 2.05) is 39.0 Å². The number of amides is 1. The first-order valence-electron chi connectivity index (χ1n) is 16.9. The molecule has 1 amide bonds. The molecule has 1 N–H and O–H groups in total. The number of esters is 2. The second-order valence-corrected chi connectivity index (χ2v) is 14.2. The smallest absolute Gasteiger partial charge is 0.328 e. The second-order valence-electron chi connectivity index (χ2n) is 14.2. The molecule has 3 heterocycles. The number of nitrogens with zero attached hydrogens (tertiary/aromatic N) is 2. The van der Waals surface area contributed by atoms with Crippen LogP contribution in [0.5, 0.6) is 0 Å². The molecule has 256 valence electrons. The van der Waals surface area contributed by atoms with Crippen molar-refractivity contribution in [3.8, 4) is 0 Å². The lowest BCUT2D eigenvalue weighted by atomic mass is 9.80. The molecule has 3 aliphatic rings. The lowest BCUT2D eigenvalue weighted by Crippen LogP contribution is -2.59. The number of methoxy groups -OCH3 is 1. The highest BCUT2D eigenvalue weighted by molar-refractivity contribution is 6.39. The Hall–Kier alpha value is -2.89. The van der Waals surface area contributed by atoms with E-state index in [2.05, 4.69) is 4.98 Å². The molecular weight excluding hydrogens is 592 g/mol. The van der Waals surface area contributed by atoms with Crippen LogP contribution in [0.2, 0.25) is 0 Å². The predicted octanol–water partition coefficient (Wildman–Crippen LogP) is 4.03. The van der Waals surface area contributed by atoms with Crippen molar-refractivity contribution in [1.82, 2.24) is 9.88 Å². The van der Waals surface area contributed by atoms with Gasteiger partial charge in [-0.3, -0.25) is 19.4 Å². The van der Waals surface area contributed by atoms with Gasteiger partial charge in [-0.05, 0) is 95.6 Å². The van der Waals surface area contributed by atoms with E-state index in [4.69, 9.17) is 18.9 Å². The van der Waals surface area contributed by atoms with Crippen LogP contribution < -0.4 is 0 Å². The summed E-state index contributed by atoms with van der Waals surface area (Å²) in [5.74, 6) is -5.03. The minimum Gasteiger partial charge on any atom is -0.464 e. The van der Waals surface area contributed by atoms with Gasteiger partial charge in [-0.1, -0.05) is 19.9 Å². The summed E-state index contributed by atoms with van der Waals surface area (Å²) in [4.78, 5) is 58.3. The van der Waals surface area contributed by atoms with Crippen molar-refractivity contribution in [3.05, 3.63) is 30.1 Å². The highest BCUT2D eigenvalue weighted by Gasteiger charge is 2.50. The maximum Gasteiger partial charge on any atom is 0.328 e. The number of ketones is 1. The highest BCUT2D eigenvalue weighted by atomic mass is 16.6. The number of piperidine rings is 1. The fourth-order valence-electron chi connectivity index (χ4n) is 7.01. The molecule has 7 atom stereocenters. The molecule has 11 heteroatoms. The van der Waals surface area contributed by atoms with Crippen LogP contribution >= 0.6 is 0 Å². The maximum absolute atomic E-state index is 13.2. The predicted molar refractivity (Wildman–Crippen MR) is 168 cm³/mol. The Morgan fingerprint density at radius 2 is 1.89 bits per heavy atom. The van der Waals surface area contributed by atoms with Gasteiger partial charge in [0.1, 0.15) is 12.1 Å². The van der Waals surface area contributed by atoms with Gasteiger partial charge < -0.3 is 29.0 Å². The van der Waals surface area contributed by atoms with Crippen LogP contribution in [0.3, 0.4) is 0 Å². The number of Topliss-reactive ketones (excluding diaryl/α,β-unsaturated/α-hetero) is 1. The molecule has 3 fully saturated rings. The van der Waals surface area contributed by atoms with E-state index in [-0.39, 0.29) is 43.9 Å². The standard InChI is InChI=1S/C35H52N2O9/c1-23(19-25-14-15-28(29(20-25)43-5)46-33(41)34(3,4)21-26-12-6-8-16-36-26)22-44-32(40)27-13-7-9-17-37(27)31(39)30(38)35(42)24(2)11-10-18-45-35/h6,8,12,16,23-25,27-29,42H,7,9-11,13-15,17-22H2,1-5H3/t23-,24?,25+,27?,28?,29-,35?/m1/s1. The molecule has 4 rings (SSSR count). The van der Waals surface area contributed by atoms with Crippen molar-refractivity contribution in [3.63, 3.8) is 0 Å². The Kier molecular flexibility index (Phi) is 12.4. The highest BCUT2D eigenvalue weighted by Crippen LogP contribution is 2.35. The normalized spacial score (nSPS) is 29.4. The number of ether oxygens (including phenoxy) is 4. The number of hydrogen-bond donors (Lipinski definition) is 1. The van der Waals surface area contributed by atoms with Gasteiger partial charge in [0.25, 0.3) is 11.7 Å². The fourth-order valence-corrected chi connectivity index (χ4v) is 7.01. The molecule has 11 nitrogen and oxygen atoms in total. The van der Waals surface area contributed by atoms with Crippen LogP contribution in [0.4, 0.5) is 0 Å². The van der Waals surface area contributed by atoms with Gasteiger partial charge in [0.05, 0.1) is 24.7 Å². The van der Waals surface area contributed by atoms with Crippen LogP contribution in [-0.4, -0.2) is 89.5 Å².